The average molecular weight is 1120 g/mol. The summed E-state index contributed by atoms with van der Waals surface area (Å²) in [4.78, 5) is 27.7. The maximum Gasteiger partial charge on any atom is 0.259 e. The van der Waals surface area contributed by atoms with Crippen LogP contribution >= 0.6 is 0 Å². The number of para-hydroxylation sites is 4. The van der Waals surface area contributed by atoms with Crippen molar-refractivity contribution in [2.24, 2.45) is 30.7 Å². The van der Waals surface area contributed by atoms with Crippen LogP contribution in [0.25, 0.3) is 32.7 Å². The van der Waals surface area contributed by atoms with Crippen LogP contribution in [0, 0.1) is 0 Å². The molecule has 0 saturated carbocycles. The number of carbonyl (C=O) groups is 2. The Hall–Kier alpha value is -12.2. The molecule has 12 aromatic rings. The topological polar surface area (TPSA) is 179 Å². The molecule has 0 aromatic heterocycles. The molecule has 0 aliphatic rings. The number of hydrazone groups is 2. The molecule has 12 rings (SSSR count). The highest BCUT2D eigenvalue weighted by molar-refractivity contribution is 6.13. The van der Waals surface area contributed by atoms with Crippen molar-refractivity contribution in [3.05, 3.63) is 301 Å². The number of hydrogen-bond donors (Lipinski definition) is 4. The van der Waals surface area contributed by atoms with Crippen LogP contribution in [0.1, 0.15) is 31.8 Å². The van der Waals surface area contributed by atoms with E-state index in [9.17, 15) is 19.8 Å². The molecule has 0 fully saturated rings. The molecule has 4 N–H and O–H groups in total. The number of carbonyl (C=O) groups excluding carboxylic acids is 2. The van der Waals surface area contributed by atoms with E-state index in [1.807, 2.05) is 253 Å². The van der Waals surface area contributed by atoms with Crippen molar-refractivity contribution in [1.29, 1.82) is 0 Å². The molecule has 0 aliphatic carbocycles. The zero-order valence-corrected chi connectivity index (χ0v) is 46.0. The van der Waals surface area contributed by atoms with E-state index in [1.54, 1.807) is 48.8 Å². The minimum absolute atomic E-state index is 0.0428. The quantitative estimate of drug-likeness (QED) is 0.0400. The third-order valence-electron chi connectivity index (χ3n) is 14.1. The summed E-state index contributed by atoms with van der Waals surface area (Å²) in [6, 6.07) is 86.9. The molecule has 414 valence electrons. The number of hydrogen-bond acceptors (Lipinski definition) is 12. The van der Waals surface area contributed by atoms with E-state index >= 15 is 0 Å². The van der Waals surface area contributed by atoms with Crippen LogP contribution in [0.5, 0.6) is 11.5 Å². The van der Waals surface area contributed by atoms with E-state index in [2.05, 4.69) is 31.1 Å². The molecule has 0 aliphatic heterocycles. The number of benzene rings is 12. The van der Waals surface area contributed by atoms with Crippen molar-refractivity contribution >= 4 is 103 Å². The van der Waals surface area contributed by atoms with Crippen LogP contribution in [-0.4, -0.2) is 34.5 Å². The Bertz CT molecular complexity index is 4120. The minimum Gasteiger partial charge on any atom is -0.505 e. The first-order valence-electron chi connectivity index (χ1n) is 27.5. The second kappa shape index (κ2) is 25.3. The largest absolute Gasteiger partial charge is 0.505 e. The normalized spacial score (nSPS) is 11.5. The molecule has 86 heavy (non-hydrogen) atoms. The Labute approximate surface area is 495 Å². The highest BCUT2D eigenvalue weighted by Gasteiger charge is 2.21. The highest BCUT2D eigenvalue weighted by Crippen LogP contribution is 2.42. The first-order chi connectivity index (χ1) is 42.3. The average Bonchev–Trinajstić information content (AvgIpc) is 1.98. The predicted molar refractivity (Wildman–Crippen MR) is 345 cm³/mol. The number of azo groups is 2. The Balaban J connectivity index is 0.702. The molecule has 0 heterocycles. The van der Waals surface area contributed by atoms with Gasteiger partial charge in [-0.3, -0.25) is 9.59 Å². The lowest BCUT2D eigenvalue weighted by atomic mass is 10.0. The van der Waals surface area contributed by atoms with Crippen LogP contribution in [0.4, 0.5) is 56.9 Å². The number of nitrogens with one attached hydrogen (secondary N) is 2. The zero-order valence-electron chi connectivity index (χ0n) is 46.0. The third-order valence-corrected chi connectivity index (χ3v) is 14.1. The molecule has 12 aromatic carbocycles. The summed E-state index contributed by atoms with van der Waals surface area (Å²) in [6.45, 7) is 0. The molecule has 14 nitrogen and oxygen atoms in total. The van der Waals surface area contributed by atoms with Crippen LogP contribution in [0.15, 0.2) is 310 Å². The molecular weight excluding hydrogens is 1070 g/mol. The van der Waals surface area contributed by atoms with Crippen LogP contribution in [0.3, 0.4) is 0 Å². The highest BCUT2D eigenvalue weighted by atomic mass is 16.3. The SMILES string of the molecule is O=C(Nc1ccc(/C=N/N(c2ccccc2)c2ccccc2)cc1)c1cc2ccccc2c(N=Nc2ccc(-c3ccc(N=Nc4c(O)c(C(=O)Nc5ccc(/C=N/N(c6ccccc6)c6ccccc6)cc5)cc5ccccc45)cc3)cc2)c1O. The fourth-order valence-electron chi connectivity index (χ4n) is 9.63. The number of anilines is 6. The van der Waals surface area contributed by atoms with Crippen LogP contribution < -0.4 is 20.7 Å². The Morgan fingerprint density at radius 3 is 1.00 bits per heavy atom. The standard InChI is InChI=1S/C72H52N10O4/c83-69-65(71(85)75-55-37-29-49(30-38-55)47-73-81(59-19-5-1-6-20-59)60-21-7-2-8-22-60)45-53-17-13-15-27-63(53)67(69)79-77-57-41-33-51(34-42-57)52-35-43-58(44-36-52)78-80-68-64-28-16-14-18-54(64)46-66(70(68)84)72(86)76-56-39-31-50(32-40-56)48-74-82(61-23-9-3-10-24-61)62-25-11-4-12-26-62/h1-48,83-84H,(H,75,85)(H,76,86)/b73-47+,74-48+,79-77?,80-78?. The Morgan fingerprint density at radius 2 is 0.663 bits per heavy atom. The molecule has 0 saturated heterocycles. The van der Waals surface area contributed by atoms with Gasteiger partial charge < -0.3 is 20.8 Å². The molecule has 2 amide bonds. The number of rotatable bonds is 17. The second-order valence-corrected chi connectivity index (χ2v) is 19.8. The van der Waals surface area contributed by atoms with E-state index < -0.39 is 11.8 Å². The zero-order chi connectivity index (χ0) is 58.6. The van der Waals surface area contributed by atoms with Gasteiger partial charge in [-0.25, -0.2) is 10.0 Å². The summed E-state index contributed by atoms with van der Waals surface area (Å²) in [5, 5.41) is 63.0. The van der Waals surface area contributed by atoms with Gasteiger partial charge in [0.1, 0.15) is 11.4 Å². The number of nitrogens with zero attached hydrogens (tertiary/aromatic N) is 8. The molecular formula is C72H52N10O4. The lowest BCUT2D eigenvalue weighted by Gasteiger charge is -2.19. The second-order valence-electron chi connectivity index (χ2n) is 19.8. The summed E-state index contributed by atoms with van der Waals surface area (Å²) in [5.74, 6) is -1.63. The van der Waals surface area contributed by atoms with Crippen molar-refractivity contribution in [2.75, 3.05) is 20.7 Å². The van der Waals surface area contributed by atoms with E-state index in [4.69, 9.17) is 10.2 Å². The lowest BCUT2D eigenvalue weighted by molar-refractivity contribution is 0.101. The molecule has 0 radical (unpaired) electrons. The van der Waals surface area contributed by atoms with Crippen molar-refractivity contribution in [3.8, 4) is 22.6 Å². The summed E-state index contributed by atoms with van der Waals surface area (Å²) in [6.07, 6.45) is 3.51. The summed E-state index contributed by atoms with van der Waals surface area (Å²) < 4.78 is 0. The van der Waals surface area contributed by atoms with Gasteiger partial charge in [0.05, 0.1) is 57.7 Å². The first-order valence-corrected chi connectivity index (χ1v) is 27.5. The van der Waals surface area contributed by atoms with Gasteiger partial charge in [-0.1, -0.05) is 170 Å². The van der Waals surface area contributed by atoms with E-state index in [-0.39, 0.29) is 34.0 Å². The van der Waals surface area contributed by atoms with Gasteiger partial charge in [0.15, 0.2) is 11.5 Å². The molecule has 14 heteroatoms. The van der Waals surface area contributed by atoms with Crippen molar-refractivity contribution < 1.29 is 19.8 Å². The molecule has 0 atom stereocenters. The fourth-order valence-corrected chi connectivity index (χ4v) is 9.63. The Morgan fingerprint density at radius 1 is 0.349 bits per heavy atom. The van der Waals surface area contributed by atoms with Gasteiger partial charge in [0.25, 0.3) is 11.8 Å². The lowest BCUT2D eigenvalue weighted by Crippen LogP contribution is -2.12. The number of aromatic hydroxyl groups is 2. The van der Waals surface area contributed by atoms with Crippen LogP contribution in [0.2, 0.25) is 0 Å². The summed E-state index contributed by atoms with van der Waals surface area (Å²) in [5.41, 5.74) is 9.57. The number of amides is 2. The van der Waals surface area contributed by atoms with Gasteiger partial charge in [-0.05, 0) is 142 Å². The molecule has 0 bridgehead atoms. The van der Waals surface area contributed by atoms with E-state index in [0.29, 0.717) is 44.3 Å². The van der Waals surface area contributed by atoms with E-state index in [1.165, 1.54) is 0 Å². The molecule has 0 unspecified atom stereocenters. The van der Waals surface area contributed by atoms with Gasteiger partial charge in [-0.2, -0.15) is 20.4 Å². The van der Waals surface area contributed by atoms with Gasteiger partial charge in [0, 0.05) is 22.1 Å². The van der Waals surface area contributed by atoms with Gasteiger partial charge >= 0.3 is 0 Å². The first kappa shape index (κ1) is 54.4. The Kier molecular flexibility index (Phi) is 16.0. The minimum atomic E-state index is -0.513. The predicted octanol–water partition coefficient (Wildman–Crippen LogP) is 18.8. The summed E-state index contributed by atoms with van der Waals surface area (Å²) in [7, 11) is 0. The maximum atomic E-state index is 13.8. The van der Waals surface area contributed by atoms with Crippen molar-refractivity contribution in [2.45, 2.75) is 0 Å². The maximum absolute atomic E-state index is 13.8. The van der Waals surface area contributed by atoms with Gasteiger partial charge in [-0.15, -0.1) is 10.2 Å². The monoisotopic (exact) mass is 1120 g/mol. The van der Waals surface area contributed by atoms with Crippen molar-refractivity contribution in [1.82, 2.24) is 0 Å². The fraction of sp³-hybridized carbons (Fsp3) is 0. The van der Waals surface area contributed by atoms with Gasteiger partial charge in [0.2, 0.25) is 0 Å². The number of phenolic OH excluding ortho intramolecular Hbond substituents is 2. The smallest absolute Gasteiger partial charge is 0.259 e. The molecule has 0 spiro atoms. The number of fused-ring (bicyclic) bond motifs is 2. The van der Waals surface area contributed by atoms with Crippen molar-refractivity contribution in [3.63, 3.8) is 0 Å². The number of phenols is 2. The summed E-state index contributed by atoms with van der Waals surface area (Å²) >= 11 is 0. The third kappa shape index (κ3) is 12.5. The van der Waals surface area contributed by atoms with E-state index in [0.717, 1.165) is 45.0 Å². The van der Waals surface area contributed by atoms with Crippen LogP contribution in [-0.2, 0) is 0 Å².